The van der Waals surface area contributed by atoms with Crippen LogP contribution in [0.15, 0.2) is 0 Å². The molecule has 0 spiro atoms. The van der Waals surface area contributed by atoms with Crippen LogP contribution in [0.3, 0.4) is 0 Å². The summed E-state index contributed by atoms with van der Waals surface area (Å²) in [6.07, 6.45) is 7.31. The molecule has 0 aliphatic heterocycles. The predicted molar refractivity (Wildman–Crippen MR) is 59.7 cm³/mol. The van der Waals surface area contributed by atoms with Crippen LogP contribution >= 0.6 is 0 Å². The lowest BCUT2D eigenvalue weighted by Gasteiger charge is -2.22. The van der Waals surface area contributed by atoms with Crippen LogP contribution in [-0.2, 0) is 0 Å². The standard InChI is InChI=1S/C13H26/c1-5-10(2)8-11(3)12(4)9-13-6-7-13/h10-13H,5-9H2,1-4H3. The van der Waals surface area contributed by atoms with E-state index in [0.717, 1.165) is 23.7 Å². The van der Waals surface area contributed by atoms with E-state index < -0.39 is 0 Å². The Labute approximate surface area is 84.1 Å². The van der Waals surface area contributed by atoms with Crippen molar-refractivity contribution in [3.8, 4) is 0 Å². The Bertz CT molecular complexity index is 135. The first-order valence-corrected chi connectivity index (χ1v) is 6.13. The Balaban J connectivity index is 2.15. The van der Waals surface area contributed by atoms with Gasteiger partial charge in [-0.15, -0.1) is 0 Å². The van der Waals surface area contributed by atoms with Crippen molar-refractivity contribution >= 4 is 0 Å². The molecule has 78 valence electrons. The highest BCUT2D eigenvalue weighted by molar-refractivity contribution is 4.77. The monoisotopic (exact) mass is 182 g/mol. The topological polar surface area (TPSA) is 0 Å². The van der Waals surface area contributed by atoms with Crippen molar-refractivity contribution in [2.75, 3.05) is 0 Å². The molecule has 0 saturated heterocycles. The SMILES string of the molecule is CCC(C)CC(C)C(C)CC1CC1. The molecule has 3 unspecified atom stereocenters. The zero-order chi connectivity index (χ0) is 9.84. The van der Waals surface area contributed by atoms with E-state index >= 15 is 0 Å². The van der Waals surface area contributed by atoms with Crippen molar-refractivity contribution in [3.63, 3.8) is 0 Å². The Morgan fingerprint density at radius 1 is 1.08 bits per heavy atom. The molecule has 0 amide bonds. The third kappa shape index (κ3) is 4.15. The molecular weight excluding hydrogens is 156 g/mol. The molecule has 0 heterocycles. The summed E-state index contributed by atoms with van der Waals surface area (Å²) in [4.78, 5) is 0. The molecule has 0 heteroatoms. The van der Waals surface area contributed by atoms with E-state index in [1.807, 2.05) is 0 Å². The van der Waals surface area contributed by atoms with Crippen LogP contribution in [0.1, 0.15) is 59.8 Å². The largest absolute Gasteiger partial charge is 0.0651 e. The first-order valence-electron chi connectivity index (χ1n) is 6.13. The third-order valence-corrected chi connectivity index (χ3v) is 3.84. The zero-order valence-corrected chi connectivity index (χ0v) is 9.84. The summed E-state index contributed by atoms with van der Waals surface area (Å²) >= 11 is 0. The maximum atomic E-state index is 2.45. The van der Waals surface area contributed by atoms with Crippen molar-refractivity contribution in [1.82, 2.24) is 0 Å². The van der Waals surface area contributed by atoms with Crippen molar-refractivity contribution in [3.05, 3.63) is 0 Å². The molecule has 1 aliphatic carbocycles. The summed E-state index contributed by atoms with van der Waals surface area (Å²) in [5.74, 6) is 3.93. The zero-order valence-electron chi connectivity index (χ0n) is 9.84. The normalized spacial score (nSPS) is 24.0. The molecule has 0 aromatic carbocycles. The number of hydrogen-bond acceptors (Lipinski definition) is 0. The van der Waals surface area contributed by atoms with Gasteiger partial charge in [0.15, 0.2) is 0 Å². The molecule has 3 atom stereocenters. The first kappa shape index (κ1) is 11.1. The molecule has 0 nitrogen and oxygen atoms in total. The van der Waals surface area contributed by atoms with E-state index in [-0.39, 0.29) is 0 Å². The molecule has 0 radical (unpaired) electrons. The number of hydrogen-bond donors (Lipinski definition) is 0. The van der Waals surface area contributed by atoms with Gasteiger partial charge in [0.25, 0.3) is 0 Å². The van der Waals surface area contributed by atoms with E-state index in [2.05, 4.69) is 27.7 Å². The van der Waals surface area contributed by atoms with Gasteiger partial charge < -0.3 is 0 Å². The summed E-state index contributed by atoms with van der Waals surface area (Å²) in [6, 6.07) is 0. The van der Waals surface area contributed by atoms with E-state index in [4.69, 9.17) is 0 Å². The maximum absolute atomic E-state index is 2.45. The van der Waals surface area contributed by atoms with Gasteiger partial charge in [-0.05, 0) is 36.5 Å². The minimum atomic E-state index is 0.927. The highest BCUT2D eigenvalue weighted by Gasteiger charge is 2.26. The van der Waals surface area contributed by atoms with Crippen molar-refractivity contribution in [2.45, 2.75) is 59.8 Å². The van der Waals surface area contributed by atoms with Crippen LogP contribution in [-0.4, -0.2) is 0 Å². The lowest BCUT2D eigenvalue weighted by atomic mass is 9.84. The van der Waals surface area contributed by atoms with E-state index in [1.165, 1.54) is 32.1 Å². The maximum Gasteiger partial charge on any atom is -0.0411 e. The van der Waals surface area contributed by atoms with Gasteiger partial charge in [0.2, 0.25) is 0 Å². The van der Waals surface area contributed by atoms with Crippen LogP contribution in [0.2, 0.25) is 0 Å². The first-order chi connectivity index (χ1) is 6.13. The van der Waals surface area contributed by atoms with Gasteiger partial charge in [0.1, 0.15) is 0 Å². The molecule has 1 rings (SSSR count). The molecule has 0 aromatic heterocycles. The van der Waals surface area contributed by atoms with Gasteiger partial charge in [-0.2, -0.15) is 0 Å². The Morgan fingerprint density at radius 3 is 2.15 bits per heavy atom. The van der Waals surface area contributed by atoms with Gasteiger partial charge in [0, 0.05) is 0 Å². The second-order valence-corrected chi connectivity index (χ2v) is 5.38. The molecule has 1 aliphatic rings. The molecule has 13 heavy (non-hydrogen) atoms. The van der Waals surface area contributed by atoms with Crippen LogP contribution in [0, 0.1) is 23.7 Å². The van der Waals surface area contributed by atoms with Crippen LogP contribution < -0.4 is 0 Å². The fourth-order valence-electron chi connectivity index (χ4n) is 2.15. The fourth-order valence-corrected chi connectivity index (χ4v) is 2.15. The molecular formula is C13H26. The summed E-state index contributed by atoms with van der Waals surface area (Å²) in [5, 5.41) is 0. The average molecular weight is 182 g/mol. The summed E-state index contributed by atoms with van der Waals surface area (Å²) in [7, 11) is 0. The van der Waals surface area contributed by atoms with Crippen LogP contribution in [0.4, 0.5) is 0 Å². The molecule has 0 N–H and O–H groups in total. The molecule has 0 bridgehead atoms. The van der Waals surface area contributed by atoms with Crippen LogP contribution in [0.5, 0.6) is 0 Å². The second kappa shape index (κ2) is 5.02. The predicted octanol–water partition coefficient (Wildman–Crippen LogP) is 4.49. The minimum absolute atomic E-state index is 0.927. The summed E-state index contributed by atoms with van der Waals surface area (Å²) in [6.45, 7) is 9.59. The molecule has 1 saturated carbocycles. The second-order valence-electron chi connectivity index (χ2n) is 5.38. The fraction of sp³-hybridized carbons (Fsp3) is 1.00. The van der Waals surface area contributed by atoms with E-state index in [1.54, 1.807) is 0 Å². The van der Waals surface area contributed by atoms with Crippen molar-refractivity contribution in [2.24, 2.45) is 23.7 Å². The molecule has 0 aromatic rings. The van der Waals surface area contributed by atoms with Gasteiger partial charge >= 0.3 is 0 Å². The van der Waals surface area contributed by atoms with Gasteiger partial charge in [0.05, 0.1) is 0 Å². The van der Waals surface area contributed by atoms with Crippen molar-refractivity contribution < 1.29 is 0 Å². The van der Waals surface area contributed by atoms with E-state index in [9.17, 15) is 0 Å². The molecule has 1 fully saturated rings. The minimum Gasteiger partial charge on any atom is -0.0651 e. The van der Waals surface area contributed by atoms with Gasteiger partial charge in [-0.25, -0.2) is 0 Å². The van der Waals surface area contributed by atoms with Crippen LogP contribution in [0.25, 0.3) is 0 Å². The quantitative estimate of drug-likeness (QED) is 0.567. The highest BCUT2D eigenvalue weighted by Crippen LogP contribution is 2.38. The average Bonchev–Trinajstić information content (AvgIpc) is 2.87. The van der Waals surface area contributed by atoms with E-state index in [0.29, 0.717) is 0 Å². The highest BCUT2D eigenvalue weighted by atomic mass is 14.3. The summed E-state index contributed by atoms with van der Waals surface area (Å²) in [5.41, 5.74) is 0. The summed E-state index contributed by atoms with van der Waals surface area (Å²) < 4.78 is 0. The Hall–Kier alpha value is 0. The Morgan fingerprint density at radius 2 is 1.69 bits per heavy atom. The Kier molecular flexibility index (Phi) is 4.28. The van der Waals surface area contributed by atoms with Gasteiger partial charge in [-0.3, -0.25) is 0 Å². The van der Waals surface area contributed by atoms with Crippen molar-refractivity contribution in [1.29, 1.82) is 0 Å². The lowest BCUT2D eigenvalue weighted by Crippen LogP contribution is -2.12. The third-order valence-electron chi connectivity index (χ3n) is 3.84. The number of rotatable bonds is 6. The smallest absolute Gasteiger partial charge is 0.0411 e. The van der Waals surface area contributed by atoms with Gasteiger partial charge in [-0.1, -0.05) is 47.0 Å². The lowest BCUT2D eigenvalue weighted by molar-refractivity contribution is 0.287.